The van der Waals surface area contributed by atoms with Crippen LogP contribution in [-0.2, 0) is 11.3 Å². The van der Waals surface area contributed by atoms with Crippen molar-refractivity contribution in [1.82, 2.24) is 9.88 Å². The molecule has 0 spiro atoms. The van der Waals surface area contributed by atoms with Crippen molar-refractivity contribution in [2.75, 3.05) is 6.54 Å². The summed E-state index contributed by atoms with van der Waals surface area (Å²) >= 11 is 0. The zero-order valence-electron chi connectivity index (χ0n) is 9.52. The highest BCUT2D eigenvalue weighted by Gasteiger charge is 2.29. The SMILES string of the molecule is O=C(NCC(O)C(=O)O)c1cccn1CC(F)(F)F. The quantitative estimate of drug-likeness (QED) is 0.719. The highest BCUT2D eigenvalue weighted by Crippen LogP contribution is 2.18. The van der Waals surface area contributed by atoms with Gasteiger partial charge in [0, 0.05) is 6.20 Å². The molecule has 0 aliphatic carbocycles. The van der Waals surface area contributed by atoms with E-state index >= 15 is 0 Å². The molecular weight excluding hydrogens is 269 g/mol. The molecule has 9 heteroatoms. The number of aliphatic hydroxyl groups excluding tert-OH is 1. The smallest absolute Gasteiger partial charge is 0.406 e. The van der Waals surface area contributed by atoms with Gasteiger partial charge in [0.2, 0.25) is 0 Å². The van der Waals surface area contributed by atoms with Gasteiger partial charge >= 0.3 is 12.1 Å². The van der Waals surface area contributed by atoms with Crippen molar-refractivity contribution in [3.05, 3.63) is 24.0 Å². The van der Waals surface area contributed by atoms with Crippen LogP contribution in [0.1, 0.15) is 10.5 Å². The monoisotopic (exact) mass is 280 g/mol. The Labute approximate surface area is 105 Å². The van der Waals surface area contributed by atoms with Gasteiger partial charge in [-0.1, -0.05) is 0 Å². The summed E-state index contributed by atoms with van der Waals surface area (Å²) in [4.78, 5) is 21.8. The summed E-state index contributed by atoms with van der Waals surface area (Å²) in [6.07, 6.45) is -5.21. The summed E-state index contributed by atoms with van der Waals surface area (Å²) in [6.45, 7) is -1.92. The Morgan fingerprint density at radius 1 is 1.42 bits per heavy atom. The zero-order valence-corrected chi connectivity index (χ0v) is 9.52. The summed E-state index contributed by atoms with van der Waals surface area (Å²) < 4.78 is 37.3. The minimum absolute atomic E-state index is 0.269. The topological polar surface area (TPSA) is 91.6 Å². The lowest BCUT2D eigenvalue weighted by Gasteiger charge is -2.12. The van der Waals surface area contributed by atoms with Crippen LogP contribution >= 0.6 is 0 Å². The third kappa shape index (κ3) is 4.62. The predicted molar refractivity (Wildman–Crippen MR) is 56.5 cm³/mol. The highest BCUT2D eigenvalue weighted by molar-refractivity contribution is 5.93. The Hall–Kier alpha value is -2.03. The fourth-order valence-corrected chi connectivity index (χ4v) is 1.32. The molecule has 0 aliphatic rings. The van der Waals surface area contributed by atoms with E-state index in [0.717, 1.165) is 12.3 Å². The number of nitrogens with zero attached hydrogens (tertiary/aromatic N) is 1. The lowest BCUT2D eigenvalue weighted by atomic mass is 10.3. The van der Waals surface area contributed by atoms with Gasteiger partial charge in [0.15, 0.2) is 6.10 Å². The predicted octanol–water partition coefficient (Wildman–Crippen LogP) is 0.226. The lowest BCUT2D eigenvalue weighted by Crippen LogP contribution is -2.37. The summed E-state index contributed by atoms with van der Waals surface area (Å²) in [6, 6.07) is 2.42. The third-order valence-corrected chi connectivity index (χ3v) is 2.15. The summed E-state index contributed by atoms with van der Waals surface area (Å²) in [5.41, 5.74) is -0.269. The van der Waals surface area contributed by atoms with Crippen molar-refractivity contribution in [2.24, 2.45) is 0 Å². The van der Waals surface area contributed by atoms with Crippen molar-refractivity contribution in [1.29, 1.82) is 0 Å². The Morgan fingerprint density at radius 3 is 2.58 bits per heavy atom. The van der Waals surface area contributed by atoms with Crippen LogP contribution < -0.4 is 5.32 Å². The molecule has 0 aromatic carbocycles. The maximum absolute atomic E-state index is 12.2. The van der Waals surface area contributed by atoms with Crippen LogP contribution in [0.5, 0.6) is 0 Å². The van der Waals surface area contributed by atoms with Crippen LogP contribution in [0.4, 0.5) is 13.2 Å². The first-order chi connectivity index (χ1) is 8.70. The van der Waals surface area contributed by atoms with Crippen molar-refractivity contribution in [3.63, 3.8) is 0 Å². The molecule has 0 saturated heterocycles. The normalized spacial score (nSPS) is 13.1. The number of hydrogen-bond donors (Lipinski definition) is 3. The van der Waals surface area contributed by atoms with Gasteiger partial charge in [-0.25, -0.2) is 4.79 Å². The van der Waals surface area contributed by atoms with Crippen molar-refractivity contribution in [2.45, 2.75) is 18.8 Å². The molecule has 1 heterocycles. The third-order valence-electron chi connectivity index (χ3n) is 2.15. The number of amides is 1. The molecule has 3 N–H and O–H groups in total. The fraction of sp³-hybridized carbons (Fsp3) is 0.400. The Morgan fingerprint density at radius 2 is 2.05 bits per heavy atom. The first-order valence-electron chi connectivity index (χ1n) is 5.11. The molecule has 1 rings (SSSR count). The second kappa shape index (κ2) is 5.74. The summed E-state index contributed by atoms with van der Waals surface area (Å²) in [5.74, 6) is -2.43. The fourth-order valence-electron chi connectivity index (χ4n) is 1.32. The van der Waals surface area contributed by atoms with Crippen LogP contribution in [-0.4, -0.2) is 45.5 Å². The molecular formula is C10H11F3N2O4. The van der Waals surface area contributed by atoms with Gasteiger partial charge in [-0.05, 0) is 12.1 Å². The number of carbonyl (C=O) groups excluding carboxylic acids is 1. The standard InChI is InChI=1S/C10H11F3N2O4/c11-10(12,13)5-15-3-1-2-6(15)8(17)14-4-7(16)9(18)19/h1-3,7,16H,4-5H2,(H,14,17)(H,18,19). The average Bonchev–Trinajstić information content (AvgIpc) is 2.70. The van der Waals surface area contributed by atoms with E-state index in [9.17, 15) is 22.8 Å². The van der Waals surface area contributed by atoms with E-state index in [2.05, 4.69) is 0 Å². The van der Waals surface area contributed by atoms with Crippen molar-refractivity contribution >= 4 is 11.9 Å². The largest absolute Gasteiger partial charge is 0.479 e. The maximum Gasteiger partial charge on any atom is 0.406 e. The van der Waals surface area contributed by atoms with Gasteiger partial charge in [0.25, 0.3) is 5.91 Å². The van der Waals surface area contributed by atoms with Gasteiger partial charge in [-0.2, -0.15) is 13.2 Å². The molecule has 1 aromatic heterocycles. The molecule has 19 heavy (non-hydrogen) atoms. The van der Waals surface area contributed by atoms with Crippen molar-refractivity contribution < 1.29 is 33.0 Å². The van der Waals surface area contributed by atoms with E-state index in [-0.39, 0.29) is 5.69 Å². The Kier molecular flexibility index (Phi) is 4.54. The molecule has 0 bridgehead atoms. The zero-order chi connectivity index (χ0) is 14.6. The number of nitrogens with one attached hydrogen (secondary N) is 1. The summed E-state index contributed by atoms with van der Waals surface area (Å²) in [5, 5.41) is 19.3. The van der Waals surface area contributed by atoms with Gasteiger partial charge in [-0.15, -0.1) is 0 Å². The highest BCUT2D eigenvalue weighted by atomic mass is 19.4. The number of carbonyl (C=O) groups is 2. The number of hydrogen-bond acceptors (Lipinski definition) is 3. The number of alkyl halides is 3. The van der Waals surface area contributed by atoms with Gasteiger partial charge in [0.05, 0.1) is 6.54 Å². The number of aliphatic carboxylic acids is 1. The molecule has 0 aliphatic heterocycles. The first-order valence-corrected chi connectivity index (χ1v) is 5.11. The van der Waals surface area contributed by atoms with E-state index < -0.39 is 37.2 Å². The Balaban J connectivity index is 2.68. The Bertz CT molecular complexity index is 470. The number of halogens is 3. The molecule has 6 nitrogen and oxygen atoms in total. The number of aromatic nitrogens is 1. The van der Waals surface area contributed by atoms with E-state index in [1.807, 2.05) is 5.32 Å². The molecule has 1 amide bonds. The van der Waals surface area contributed by atoms with Crippen molar-refractivity contribution in [3.8, 4) is 0 Å². The molecule has 1 unspecified atom stereocenters. The average molecular weight is 280 g/mol. The number of aliphatic hydroxyl groups is 1. The van der Waals surface area contributed by atoms with E-state index in [4.69, 9.17) is 10.2 Å². The minimum Gasteiger partial charge on any atom is -0.479 e. The molecule has 0 fully saturated rings. The van der Waals surface area contributed by atoms with E-state index in [1.54, 1.807) is 0 Å². The van der Waals surface area contributed by atoms with E-state index in [1.165, 1.54) is 6.07 Å². The van der Waals surface area contributed by atoms with Crippen LogP contribution in [0.2, 0.25) is 0 Å². The number of carboxylic acid groups (broad SMARTS) is 1. The second-order valence-corrected chi connectivity index (χ2v) is 3.70. The molecule has 1 atom stereocenters. The lowest BCUT2D eigenvalue weighted by molar-refractivity contribution is -0.146. The van der Waals surface area contributed by atoms with Crippen LogP contribution in [0.25, 0.3) is 0 Å². The molecule has 0 radical (unpaired) electrons. The molecule has 106 valence electrons. The number of carboxylic acids is 1. The van der Waals surface area contributed by atoms with Crippen LogP contribution in [0.15, 0.2) is 18.3 Å². The van der Waals surface area contributed by atoms with Crippen LogP contribution in [0.3, 0.4) is 0 Å². The first kappa shape index (κ1) is 15.0. The van der Waals surface area contributed by atoms with E-state index in [0.29, 0.717) is 4.57 Å². The van der Waals surface area contributed by atoms with Crippen LogP contribution in [0, 0.1) is 0 Å². The second-order valence-electron chi connectivity index (χ2n) is 3.70. The van der Waals surface area contributed by atoms with Gasteiger partial charge < -0.3 is 20.1 Å². The maximum atomic E-state index is 12.2. The summed E-state index contributed by atoms with van der Waals surface area (Å²) in [7, 11) is 0. The molecule has 1 aromatic rings. The number of rotatable bonds is 5. The van der Waals surface area contributed by atoms with Gasteiger partial charge in [0.1, 0.15) is 12.2 Å². The minimum atomic E-state index is -4.48. The molecule has 0 saturated carbocycles. The van der Waals surface area contributed by atoms with Gasteiger partial charge in [-0.3, -0.25) is 4.79 Å².